The molecule has 1 aromatic carbocycles. The molecule has 0 heterocycles. The first-order chi connectivity index (χ1) is 8.93. The topological polar surface area (TPSA) is 52.9 Å². The van der Waals surface area contributed by atoms with Crippen molar-refractivity contribution in [3.8, 4) is 6.07 Å². The molecule has 1 aliphatic rings. The highest BCUT2D eigenvalue weighted by atomic mass is 19.1. The number of Topliss-reactive ketones (excluding diaryl/α,β-unsaturated/α-hetero) is 1. The van der Waals surface area contributed by atoms with E-state index in [1.807, 2.05) is 19.9 Å². The van der Waals surface area contributed by atoms with Crippen LogP contribution in [-0.4, -0.2) is 5.78 Å². The number of nitriles is 1. The van der Waals surface area contributed by atoms with E-state index in [1.165, 1.54) is 6.07 Å². The van der Waals surface area contributed by atoms with Crippen molar-refractivity contribution in [2.24, 2.45) is 5.41 Å². The van der Waals surface area contributed by atoms with Gasteiger partial charge < -0.3 is 5.32 Å². The highest BCUT2D eigenvalue weighted by Crippen LogP contribution is 2.37. The summed E-state index contributed by atoms with van der Waals surface area (Å²) in [6, 6.07) is 8.15. The largest absolute Gasteiger partial charge is 0.355 e. The van der Waals surface area contributed by atoms with Crippen molar-refractivity contribution in [3.63, 3.8) is 0 Å². The number of rotatable bonds is 2. The average molecular weight is 258 g/mol. The fourth-order valence-corrected chi connectivity index (χ4v) is 2.28. The van der Waals surface area contributed by atoms with E-state index in [0.717, 1.165) is 0 Å². The zero-order valence-corrected chi connectivity index (χ0v) is 11.0. The number of carbonyl (C=O) groups is 1. The number of para-hydroxylation sites is 1. The molecule has 0 amide bonds. The third kappa shape index (κ3) is 2.82. The second kappa shape index (κ2) is 4.85. The molecule has 0 fully saturated rings. The Morgan fingerprint density at radius 1 is 1.32 bits per heavy atom. The fraction of sp³-hybridized carbons (Fsp3) is 0.333. The van der Waals surface area contributed by atoms with Crippen LogP contribution in [0, 0.1) is 22.6 Å². The van der Waals surface area contributed by atoms with Crippen LogP contribution in [0.1, 0.15) is 26.7 Å². The van der Waals surface area contributed by atoms with Gasteiger partial charge in [0.1, 0.15) is 17.5 Å². The van der Waals surface area contributed by atoms with Gasteiger partial charge in [-0.3, -0.25) is 4.79 Å². The second-order valence-electron chi connectivity index (χ2n) is 5.51. The molecular formula is C15H15FN2O. The van der Waals surface area contributed by atoms with Gasteiger partial charge in [-0.05, 0) is 24.0 Å². The third-order valence-electron chi connectivity index (χ3n) is 3.15. The fourth-order valence-electron chi connectivity index (χ4n) is 2.28. The third-order valence-corrected chi connectivity index (χ3v) is 3.15. The van der Waals surface area contributed by atoms with Gasteiger partial charge in [-0.15, -0.1) is 0 Å². The average Bonchev–Trinajstić information content (AvgIpc) is 2.30. The molecule has 0 spiro atoms. The lowest BCUT2D eigenvalue weighted by Gasteiger charge is -2.30. The van der Waals surface area contributed by atoms with E-state index in [0.29, 0.717) is 18.5 Å². The van der Waals surface area contributed by atoms with Gasteiger partial charge in [0.25, 0.3) is 0 Å². The number of hydrogen-bond donors (Lipinski definition) is 1. The van der Waals surface area contributed by atoms with Crippen LogP contribution in [0.4, 0.5) is 10.1 Å². The van der Waals surface area contributed by atoms with Gasteiger partial charge in [0, 0.05) is 12.1 Å². The SMILES string of the molecule is CC1(C)CC(=O)C(C#N)=C(Nc2ccccc2F)C1. The molecule has 0 unspecified atom stereocenters. The molecule has 1 aliphatic carbocycles. The number of nitrogens with zero attached hydrogens (tertiary/aromatic N) is 1. The minimum atomic E-state index is -0.400. The minimum Gasteiger partial charge on any atom is -0.355 e. The summed E-state index contributed by atoms with van der Waals surface area (Å²) in [5.41, 5.74) is 0.692. The van der Waals surface area contributed by atoms with Gasteiger partial charge in [0.05, 0.1) is 5.69 Å². The Labute approximate surface area is 111 Å². The van der Waals surface area contributed by atoms with E-state index >= 15 is 0 Å². The van der Waals surface area contributed by atoms with E-state index in [4.69, 9.17) is 5.26 Å². The normalized spacial score (nSPS) is 18.1. The number of halogens is 1. The van der Waals surface area contributed by atoms with Crippen molar-refractivity contribution < 1.29 is 9.18 Å². The van der Waals surface area contributed by atoms with Crippen LogP contribution in [0.15, 0.2) is 35.5 Å². The van der Waals surface area contributed by atoms with Crippen LogP contribution >= 0.6 is 0 Å². The summed E-state index contributed by atoms with van der Waals surface area (Å²) in [5.74, 6) is -0.583. The number of allylic oxidation sites excluding steroid dienone is 2. The molecule has 3 nitrogen and oxygen atoms in total. The lowest BCUT2D eigenvalue weighted by atomic mass is 9.76. The number of nitrogens with one attached hydrogen (secondary N) is 1. The maximum atomic E-state index is 13.6. The summed E-state index contributed by atoms with van der Waals surface area (Å²) in [4.78, 5) is 11.9. The Bertz CT molecular complexity index is 596. The Balaban J connectivity index is 2.39. The van der Waals surface area contributed by atoms with Gasteiger partial charge in [0.15, 0.2) is 5.78 Å². The molecule has 19 heavy (non-hydrogen) atoms. The van der Waals surface area contributed by atoms with Crippen LogP contribution < -0.4 is 5.32 Å². The molecule has 2 rings (SSSR count). The maximum absolute atomic E-state index is 13.6. The van der Waals surface area contributed by atoms with E-state index < -0.39 is 5.82 Å². The quantitative estimate of drug-likeness (QED) is 0.884. The predicted molar refractivity (Wildman–Crippen MR) is 70.7 cm³/mol. The lowest BCUT2D eigenvalue weighted by Crippen LogP contribution is -2.28. The molecule has 0 atom stereocenters. The number of carbonyl (C=O) groups excluding carboxylic acids is 1. The number of anilines is 1. The van der Waals surface area contributed by atoms with E-state index in [9.17, 15) is 9.18 Å². The predicted octanol–water partition coefficient (Wildman–Crippen LogP) is 3.40. The smallest absolute Gasteiger partial charge is 0.175 e. The molecule has 0 aliphatic heterocycles. The zero-order valence-electron chi connectivity index (χ0n) is 11.0. The van der Waals surface area contributed by atoms with Crippen LogP contribution in [0.5, 0.6) is 0 Å². The number of hydrogen-bond acceptors (Lipinski definition) is 3. The molecule has 1 N–H and O–H groups in total. The Kier molecular flexibility index (Phi) is 3.39. The van der Waals surface area contributed by atoms with E-state index in [1.54, 1.807) is 18.2 Å². The van der Waals surface area contributed by atoms with Gasteiger partial charge >= 0.3 is 0 Å². The first-order valence-corrected chi connectivity index (χ1v) is 6.11. The molecule has 1 aromatic rings. The van der Waals surface area contributed by atoms with Crippen LogP contribution in [-0.2, 0) is 4.79 Å². The summed E-state index contributed by atoms with van der Waals surface area (Å²) in [6.45, 7) is 3.92. The summed E-state index contributed by atoms with van der Waals surface area (Å²) in [5, 5.41) is 12.0. The van der Waals surface area contributed by atoms with Gasteiger partial charge in [0.2, 0.25) is 0 Å². The molecule has 98 valence electrons. The van der Waals surface area contributed by atoms with Crippen molar-refractivity contribution in [1.29, 1.82) is 5.26 Å². The first kappa shape index (κ1) is 13.3. The van der Waals surface area contributed by atoms with Crippen molar-refractivity contribution in [1.82, 2.24) is 0 Å². The van der Waals surface area contributed by atoms with Crippen molar-refractivity contribution in [2.45, 2.75) is 26.7 Å². The summed E-state index contributed by atoms with van der Waals surface area (Å²) in [7, 11) is 0. The molecule has 0 saturated heterocycles. The highest BCUT2D eigenvalue weighted by molar-refractivity contribution is 6.01. The molecule has 0 bridgehead atoms. The first-order valence-electron chi connectivity index (χ1n) is 6.11. The van der Waals surface area contributed by atoms with Crippen LogP contribution in [0.25, 0.3) is 0 Å². The molecule has 0 saturated carbocycles. The van der Waals surface area contributed by atoms with E-state index in [2.05, 4.69) is 5.32 Å². The van der Waals surface area contributed by atoms with Crippen molar-refractivity contribution in [3.05, 3.63) is 41.4 Å². The Morgan fingerprint density at radius 2 is 2.00 bits per heavy atom. The minimum absolute atomic E-state index is 0.113. The monoisotopic (exact) mass is 258 g/mol. The molecule has 0 aromatic heterocycles. The standard InChI is InChI=1S/C15H15FN2O/c1-15(2)7-13(10(9-17)14(19)8-15)18-12-6-4-3-5-11(12)16/h3-6,18H,7-8H2,1-2H3. The molecular weight excluding hydrogens is 243 g/mol. The Hall–Kier alpha value is -2.15. The molecule has 0 radical (unpaired) electrons. The van der Waals surface area contributed by atoms with Crippen molar-refractivity contribution >= 4 is 11.5 Å². The van der Waals surface area contributed by atoms with Crippen molar-refractivity contribution in [2.75, 3.05) is 5.32 Å². The summed E-state index contributed by atoms with van der Waals surface area (Å²) >= 11 is 0. The van der Waals surface area contributed by atoms with Gasteiger partial charge in [-0.1, -0.05) is 26.0 Å². The van der Waals surface area contributed by atoms with Crippen LogP contribution in [0.2, 0.25) is 0 Å². The summed E-state index contributed by atoms with van der Waals surface area (Å²) < 4.78 is 13.6. The van der Waals surface area contributed by atoms with Gasteiger partial charge in [-0.2, -0.15) is 5.26 Å². The Morgan fingerprint density at radius 3 is 2.63 bits per heavy atom. The molecule has 4 heteroatoms. The summed E-state index contributed by atoms with van der Waals surface area (Å²) in [6.07, 6.45) is 0.897. The number of ketones is 1. The maximum Gasteiger partial charge on any atom is 0.175 e. The van der Waals surface area contributed by atoms with Crippen LogP contribution in [0.3, 0.4) is 0 Å². The highest BCUT2D eigenvalue weighted by Gasteiger charge is 2.33. The second-order valence-corrected chi connectivity index (χ2v) is 5.51. The van der Waals surface area contributed by atoms with Gasteiger partial charge in [-0.25, -0.2) is 4.39 Å². The zero-order chi connectivity index (χ0) is 14.0. The van der Waals surface area contributed by atoms with E-state index in [-0.39, 0.29) is 22.5 Å². The lowest BCUT2D eigenvalue weighted by molar-refractivity contribution is -0.117. The number of benzene rings is 1.